The predicted octanol–water partition coefficient (Wildman–Crippen LogP) is 1.60. The minimum absolute atomic E-state index is 0.267. The molecule has 0 atom stereocenters. The fourth-order valence-electron chi connectivity index (χ4n) is 2.17. The van der Waals surface area contributed by atoms with Crippen LogP contribution in [0.1, 0.15) is 6.92 Å². The number of halogens is 2. The molecule has 2 rings (SSSR count). The summed E-state index contributed by atoms with van der Waals surface area (Å²) < 4.78 is 53.2. The van der Waals surface area contributed by atoms with Crippen molar-refractivity contribution in [1.82, 2.24) is 0 Å². The second kappa shape index (κ2) is 7.48. The van der Waals surface area contributed by atoms with Gasteiger partial charge in [0.1, 0.15) is 18.2 Å². The maximum Gasteiger partial charge on any atom is 0.264 e. The van der Waals surface area contributed by atoms with E-state index in [1.165, 1.54) is 31.2 Å². The zero-order chi connectivity index (χ0) is 19.5. The zero-order valence-corrected chi connectivity index (χ0v) is 14.4. The van der Waals surface area contributed by atoms with E-state index in [1.54, 1.807) is 0 Å². The van der Waals surface area contributed by atoms with Crippen LogP contribution >= 0.6 is 0 Å². The summed E-state index contributed by atoms with van der Waals surface area (Å²) in [4.78, 5) is 22.0. The fourth-order valence-corrected chi connectivity index (χ4v) is 3.60. The van der Waals surface area contributed by atoms with Gasteiger partial charge in [-0.25, -0.2) is 17.2 Å². The first-order valence-corrected chi connectivity index (χ1v) is 8.69. The van der Waals surface area contributed by atoms with Gasteiger partial charge in [0, 0.05) is 18.7 Å². The Bertz CT molecular complexity index is 946. The van der Waals surface area contributed by atoms with Gasteiger partial charge in [0.25, 0.3) is 10.0 Å². The Kier molecular flexibility index (Phi) is 5.56. The Morgan fingerprint density at radius 3 is 2.23 bits per heavy atom. The highest BCUT2D eigenvalue weighted by atomic mass is 32.2. The molecule has 0 unspecified atom stereocenters. The Balaban J connectivity index is 2.49. The molecule has 0 saturated carbocycles. The van der Waals surface area contributed by atoms with Crippen molar-refractivity contribution in [2.45, 2.75) is 11.8 Å². The second-order valence-corrected chi connectivity index (χ2v) is 7.14. The molecule has 2 aromatic carbocycles. The van der Waals surface area contributed by atoms with Gasteiger partial charge in [-0.05, 0) is 36.4 Å². The molecular weight excluding hydrogens is 368 g/mol. The van der Waals surface area contributed by atoms with E-state index in [2.05, 4.69) is 5.32 Å². The molecule has 0 spiro atoms. The standard InChI is InChI=1S/C16H15F2N3O4S/c1-10(22)20-12-3-5-13(6-4-12)26(24,25)21(9-16(19)23)15-7-2-11(17)8-14(15)18/h2-8H,9H2,1H3,(H2,19,23)(H,20,22). The summed E-state index contributed by atoms with van der Waals surface area (Å²) >= 11 is 0. The number of nitrogens with two attached hydrogens (primary N) is 1. The molecule has 0 aliphatic carbocycles. The van der Waals surface area contributed by atoms with Gasteiger partial charge in [0.15, 0.2) is 0 Å². The normalized spacial score (nSPS) is 11.0. The smallest absolute Gasteiger partial charge is 0.264 e. The minimum Gasteiger partial charge on any atom is -0.368 e. The Hall–Kier alpha value is -3.01. The van der Waals surface area contributed by atoms with Crippen LogP contribution in [0.2, 0.25) is 0 Å². The summed E-state index contributed by atoms with van der Waals surface area (Å²) in [5, 5.41) is 2.47. The van der Waals surface area contributed by atoms with Crippen LogP contribution in [0, 0.1) is 11.6 Å². The average molecular weight is 383 g/mol. The predicted molar refractivity (Wildman–Crippen MR) is 90.8 cm³/mol. The van der Waals surface area contributed by atoms with Crippen LogP contribution < -0.4 is 15.4 Å². The largest absolute Gasteiger partial charge is 0.368 e. The van der Waals surface area contributed by atoms with Gasteiger partial charge in [0.05, 0.1) is 10.6 Å². The summed E-state index contributed by atoms with van der Waals surface area (Å²) in [5.41, 5.74) is 4.91. The SMILES string of the molecule is CC(=O)Nc1ccc(S(=O)(=O)N(CC(N)=O)c2ccc(F)cc2F)cc1. The molecule has 0 aromatic heterocycles. The molecule has 10 heteroatoms. The molecule has 26 heavy (non-hydrogen) atoms. The Morgan fingerprint density at radius 2 is 1.73 bits per heavy atom. The van der Waals surface area contributed by atoms with Crippen molar-refractivity contribution in [3.63, 3.8) is 0 Å². The summed E-state index contributed by atoms with van der Waals surface area (Å²) in [5.74, 6) is -3.43. The van der Waals surface area contributed by atoms with E-state index in [1.807, 2.05) is 0 Å². The van der Waals surface area contributed by atoms with Crippen molar-refractivity contribution < 1.29 is 26.8 Å². The topological polar surface area (TPSA) is 110 Å². The number of hydrogen-bond acceptors (Lipinski definition) is 4. The maximum atomic E-state index is 14.1. The molecule has 0 fully saturated rings. The number of rotatable bonds is 6. The van der Waals surface area contributed by atoms with Gasteiger partial charge in [0.2, 0.25) is 11.8 Å². The van der Waals surface area contributed by atoms with E-state index in [-0.39, 0.29) is 10.8 Å². The van der Waals surface area contributed by atoms with Crippen LogP contribution in [-0.4, -0.2) is 26.8 Å². The van der Waals surface area contributed by atoms with Crippen molar-refractivity contribution in [3.8, 4) is 0 Å². The molecule has 3 N–H and O–H groups in total. The third-order valence-electron chi connectivity index (χ3n) is 3.24. The van der Waals surface area contributed by atoms with E-state index in [0.29, 0.717) is 16.1 Å². The lowest BCUT2D eigenvalue weighted by atomic mass is 10.3. The van der Waals surface area contributed by atoms with Gasteiger partial charge in [-0.2, -0.15) is 0 Å². The highest BCUT2D eigenvalue weighted by Gasteiger charge is 2.28. The zero-order valence-electron chi connectivity index (χ0n) is 13.6. The second-order valence-electron chi connectivity index (χ2n) is 5.28. The minimum atomic E-state index is -4.37. The van der Waals surface area contributed by atoms with Crippen molar-refractivity contribution in [2.24, 2.45) is 5.73 Å². The number of anilines is 2. The first-order valence-electron chi connectivity index (χ1n) is 7.25. The molecule has 0 bridgehead atoms. The first kappa shape index (κ1) is 19.3. The summed E-state index contributed by atoms with van der Waals surface area (Å²) in [7, 11) is -4.37. The number of hydrogen-bond donors (Lipinski definition) is 2. The molecule has 138 valence electrons. The number of amides is 2. The first-order chi connectivity index (χ1) is 12.1. The third-order valence-corrected chi connectivity index (χ3v) is 5.01. The molecular formula is C16H15F2N3O4S. The van der Waals surface area contributed by atoms with Crippen molar-refractivity contribution in [3.05, 3.63) is 54.1 Å². The van der Waals surface area contributed by atoms with E-state index < -0.39 is 39.8 Å². The average Bonchev–Trinajstić information content (AvgIpc) is 2.53. The lowest BCUT2D eigenvalue weighted by Gasteiger charge is -2.23. The van der Waals surface area contributed by atoms with Crippen LogP contribution in [0.3, 0.4) is 0 Å². The third kappa shape index (κ3) is 4.33. The maximum absolute atomic E-state index is 14.1. The summed E-state index contributed by atoms with van der Waals surface area (Å²) in [6.07, 6.45) is 0. The Labute approximate surface area is 148 Å². The van der Waals surface area contributed by atoms with Crippen LogP contribution in [0.25, 0.3) is 0 Å². The molecule has 0 aliphatic rings. The number of carbonyl (C=O) groups excluding carboxylic acids is 2. The van der Waals surface area contributed by atoms with Crippen LogP contribution in [-0.2, 0) is 19.6 Å². The molecule has 0 aliphatic heterocycles. The van der Waals surface area contributed by atoms with Crippen LogP contribution in [0.4, 0.5) is 20.2 Å². The monoisotopic (exact) mass is 383 g/mol. The van der Waals surface area contributed by atoms with Gasteiger partial charge in [-0.1, -0.05) is 0 Å². The molecule has 0 saturated heterocycles. The van der Waals surface area contributed by atoms with Crippen LogP contribution in [0.5, 0.6) is 0 Å². The Morgan fingerprint density at radius 1 is 1.12 bits per heavy atom. The van der Waals surface area contributed by atoms with Crippen molar-refractivity contribution >= 4 is 33.2 Å². The molecule has 7 nitrogen and oxygen atoms in total. The fraction of sp³-hybridized carbons (Fsp3) is 0.125. The lowest BCUT2D eigenvalue weighted by molar-refractivity contribution is -0.116. The van der Waals surface area contributed by atoms with Gasteiger partial charge >= 0.3 is 0 Å². The molecule has 2 aromatic rings. The highest BCUT2D eigenvalue weighted by molar-refractivity contribution is 7.92. The quantitative estimate of drug-likeness (QED) is 0.790. The molecule has 2 amide bonds. The van der Waals surface area contributed by atoms with E-state index >= 15 is 0 Å². The number of carbonyl (C=O) groups is 2. The van der Waals surface area contributed by atoms with Gasteiger partial charge in [-0.15, -0.1) is 0 Å². The van der Waals surface area contributed by atoms with E-state index in [0.717, 1.165) is 12.1 Å². The molecule has 0 radical (unpaired) electrons. The number of benzene rings is 2. The number of nitrogens with zero attached hydrogens (tertiary/aromatic N) is 1. The summed E-state index contributed by atoms with van der Waals surface area (Å²) in [6.45, 7) is 0.453. The number of primary amides is 1. The van der Waals surface area contributed by atoms with Crippen LogP contribution in [0.15, 0.2) is 47.4 Å². The van der Waals surface area contributed by atoms with Gasteiger partial charge < -0.3 is 11.1 Å². The van der Waals surface area contributed by atoms with E-state index in [9.17, 15) is 26.8 Å². The van der Waals surface area contributed by atoms with Crippen molar-refractivity contribution in [2.75, 3.05) is 16.2 Å². The highest BCUT2D eigenvalue weighted by Crippen LogP contribution is 2.27. The molecule has 0 heterocycles. The lowest BCUT2D eigenvalue weighted by Crippen LogP contribution is -2.39. The number of sulfonamides is 1. The van der Waals surface area contributed by atoms with E-state index in [4.69, 9.17) is 5.73 Å². The number of nitrogens with one attached hydrogen (secondary N) is 1. The van der Waals surface area contributed by atoms with Gasteiger partial charge in [-0.3, -0.25) is 13.9 Å². The van der Waals surface area contributed by atoms with Crippen molar-refractivity contribution in [1.29, 1.82) is 0 Å². The summed E-state index contributed by atoms with van der Waals surface area (Å²) in [6, 6.07) is 7.28.